The van der Waals surface area contributed by atoms with Gasteiger partial charge in [0, 0.05) is 26.2 Å². The van der Waals surface area contributed by atoms with Crippen molar-refractivity contribution in [2.45, 2.75) is 31.2 Å². The monoisotopic (exact) mass is 374 g/mol. The van der Waals surface area contributed by atoms with E-state index in [4.69, 9.17) is 13.7 Å². The molecule has 1 saturated heterocycles. The van der Waals surface area contributed by atoms with Gasteiger partial charge in [0.1, 0.15) is 6.61 Å². The van der Waals surface area contributed by atoms with E-state index in [1.165, 1.54) is 13.4 Å². The molecule has 2 aliphatic rings. The van der Waals surface area contributed by atoms with Crippen molar-refractivity contribution in [1.82, 2.24) is 20.4 Å². The van der Waals surface area contributed by atoms with Crippen LogP contribution in [0, 0.1) is 12.8 Å². The van der Waals surface area contributed by atoms with E-state index in [0.717, 1.165) is 6.42 Å². The Morgan fingerprint density at radius 2 is 2.33 bits per heavy atom. The summed E-state index contributed by atoms with van der Waals surface area (Å²) in [5.74, 6) is 1.20. The number of hydrogen-bond acceptors (Lipinski definition) is 7. The minimum absolute atomic E-state index is 0.0460. The summed E-state index contributed by atoms with van der Waals surface area (Å²) in [6.45, 7) is 2.88. The number of carbonyl (C=O) groups excluding carboxylic acids is 2. The lowest BCUT2D eigenvalue weighted by molar-refractivity contribution is -0.134. The van der Waals surface area contributed by atoms with Crippen LogP contribution in [0.5, 0.6) is 0 Å². The number of carbonyl (C=O) groups is 2. The van der Waals surface area contributed by atoms with Crippen molar-refractivity contribution in [2.24, 2.45) is 5.92 Å². The van der Waals surface area contributed by atoms with Gasteiger partial charge >= 0.3 is 0 Å². The molecule has 2 aromatic rings. The van der Waals surface area contributed by atoms with Crippen LogP contribution < -0.4 is 5.32 Å². The van der Waals surface area contributed by atoms with Gasteiger partial charge < -0.3 is 23.9 Å². The molecule has 3 atom stereocenters. The summed E-state index contributed by atoms with van der Waals surface area (Å²) in [5, 5.41) is 6.96. The van der Waals surface area contributed by atoms with Gasteiger partial charge in [-0.15, -0.1) is 0 Å². The molecule has 1 unspecified atom stereocenters. The smallest absolute Gasteiger partial charge is 0.287 e. The van der Waals surface area contributed by atoms with Crippen molar-refractivity contribution in [1.29, 1.82) is 0 Å². The average molecular weight is 374 g/mol. The molecule has 0 radical (unpaired) electrons. The van der Waals surface area contributed by atoms with Gasteiger partial charge in [0.25, 0.3) is 5.91 Å². The molecular formula is C18H22N4O5. The highest BCUT2D eigenvalue weighted by Gasteiger charge is 2.58. The van der Waals surface area contributed by atoms with Crippen molar-refractivity contribution in [3.05, 3.63) is 35.9 Å². The maximum absolute atomic E-state index is 12.3. The Morgan fingerprint density at radius 3 is 3.00 bits per heavy atom. The summed E-state index contributed by atoms with van der Waals surface area (Å²) < 4.78 is 15.7. The third kappa shape index (κ3) is 3.12. The number of amides is 2. The van der Waals surface area contributed by atoms with Crippen LogP contribution in [0.25, 0.3) is 0 Å². The topological polar surface area (TPSA) is 111 Å². The lowest BCUT2D eigenvalue weighted by atomic mass is 9.80. The highest BCUT2D eigenvalue weighted by atomic mass is 16.5. The molecule has 1 saturated carbocycles. The van der Waals surface area contributed by atoms with Crippen LogP contribution in [-0.2, 0) is 14.9 Å². The average Bonchev–Trinajstić information content (AvgIpc) is 3.37. The predicted octanol–water partition coefficient (Wildman–Crippen LogP) is 0.906. The summed E-state index contributed by atoms with van der Waals surface area (Å²) in [5.41, 5.74) is -0.453. The largest absolute Gasteiger partial charge is 0.459 e. The fourth-order valence-electron chi connectivity index (χ4n) is 4.38. The number of methoxy groups -OCH3 is 1. The lowest BCUT2D eigenvalue weighted by Gasteiger charge is -2.25. The van der Waals surface area contributed by atoms with Crippen LogP contribution in [0.15, 0.2) is 27.3 Å². The standard InChI is InChI=1S/C18H22N4O5/c1-11-19-17(27-21-11)18-7-13(20-16(24)14-4-3-5-26-14)6-12(18)8-22(10-18)15(23)9-25-2/h3-5,12-13H,6-10H2,1-2H3,(H,20,24)/t12?,13-,18+/m1/s1. The Labute approximate surface area is 156 Å². The molecule has 0 spiro atoms. The van der Waals surface area contributed by atoms with E-state index in [0.29, 0.717) is 31.2 Å². The van der Waals surface area contributed by atoms with Crippen molar-refractivity contribution < 1.29 is 23.3 Å². The van der Waals surface area contributed by atoms with Crippen molar-refractivity contribution in [2.75, 3.05) is 26.8 Å². The molecule has 1 aliphatic carbocycles. The van der Waals surface area contributed by atoms with Crippen molar-refractivity contribution >= 4 is 11.8 Å². The molecule has 9 heteroatoms. The Bertz CT molecular complexity index is 833. The fourth-order valence-corrected chi connectivity index (χ4v) is 4.38. The molecule has 0 bridgehead atoms. The fraction of sp³-hybridized carbons (Fsp3) is 0.556. The first-order valence-electron chi connectivity index (χ1n) is 8.93. The summed E-state index contributed by atoms with van der Waals surface area (Å²) in [7, 11) is 1.51. The van der Waals surface area contributed by atoms with Crippen LogP contribution in [0.3, 0.4) is 0 Å². The Balaban J connectivity index is 1.55. The number of nitrogens with zero attached hydrogens (tertiary/aromatic N) is 3. The van der Waals surface area contributed by atoms with Gasteiger partial charge in [0.05, 0.1) is 11.7 Å². The summed E-state index contributed by atoms with van der Waals surface area (Å²) >= 11 is 0. The first-order valence-corrected chi connectivity index (χ1v) is 8.93. The highest BCUT2D eigenvalue weighted by molar-refractivity contribution is 5.91. The number of hydrogen-bond donors (Lipinski definition) is 1. The van der Waals surface area contributed by atoms with Gasteiger partial charge in [0.2, 0.25) is 11.8 Å². The van der Waals surface area contributed by atoms with Crippen molar-refractivity contribution in [3.63, 3.8) is 0 Å². The molecule has 0 aromatic carbocycles. The molecule has 9 nitrogen and oxygen atoms in total. The predicted molar refractivity (Wildman–Crippen MR) is 91.9 cm³/mol. The minimum atomic E-state index is -0.453. The second-order valence-electron chi connectivity index (χ2n) is 7.29. The molecule has 3 heterocycles. The van der Waals surface area contributed by atoms with E-state index in [9.17, 15) is 9.59 Å². The molecule has 1 N–H and O–H groups in total. The number of ether oxygens (including phenoxy) is 1. The third-order valence-corrected chi connectivity index (χ3v) is 5.53. The third-order valence-electron chi connectivity index (χ3n) is 5.53. The van der Waals surface area contributed by atoms with Gasteiger partial charge in [-0.3, -0.25) is 9.59 Å². The molecule has 27 heavy (non-hydrogen) atoms. The van der Waals surface area contributed by atoms with E-state index in [1.54, 1.807) is 24.0 Å². The minimum Gasteiger partial charge on any atom is -0.459 e. The number of nitrogens with one attached hydrogen (secondary N) is 1. The van der Waals surface area contributed by atoms with E-state index >= 15 is 0 Å². The highest BCUT2D eigenvalue weighted by Crippen LogP contribution is 2.50. The van der Waals surface area contributed by atoms with E-state index in [1.807, 2.05) is 0 Å². The Hall–Kier alpha value is -2.68. The molecule has 2 fully saturated rings. The van der Waals surface area contributed by atoms with Gasteiger partial charge in [-0.1, -0.05) is 5.16 Å². The molecule has 4 rings (SSSR count). The number of aromatic nitrogens is 2. The summed E-state index contributed by atoms with van der Waals surface area (Å²) in [6.07, 6.45) is 2.83. The zero-order valence-electron chi connectivity index (χ0n) is 15.3. The number of aryl methyl sites for hydroxylation is 1. The molecule has 2 amide bonds. The zero-order chi connectivity index (χ0) is 19.0. The van der Waals surface area contributed by atoms with Crippen LogP contribution in [-0.4, -0.2) is 59.7 Å². The van der Waals surface area contributed by atoms with E-state index in [-0.39, 0.29) is 36.1 Å². The van der Waals surface area contributed by atoms with Gasteiger partial charge in [-0.25, -0.2) is 0 Å². The number of furan rings is 1. The Morgan fingerprint density at radius 1 is 1.48 bits per heavy atom. The maximum atomic E-state index is 12.3. The normalized spacial score (nSPS) is 27.0. The molecule has 2 aromatic heterocycles. The number of fused-ring (bicyclic) bond motifs is 1. The van der Waals surface area contributed by atoms with Gasteiger partial charge in [-0.05, 0) is 37.8 Å². The lowest BCUT2D eigenvalue weighted by Crippen LogP contribution is -2.40. The first-order chi connectivity index (χ1) is 13.0. The molecular weight excluding hydrogens is 352 g/mol. The van der Waals surface area contributed by atoms with Crippen molar-refractivity contribution in [3.8, 4) is 0 Å². The van der Waals surface area contributed by atoms with Gasteiger partial charge in [-0.2, -0.15) is 4.98 Å². The summed E-state index contributed by atoms with van der Waals surface area (Å²) in [4.78, 5) is 30.9. The number of likely N-dealkylation sites (tertiary alicyclic amines) is 1. The Kier molecular flexibility index (Phi) is 4.47. The number of rotatable bonds is 5. The zero-order valence-corrected chi connectivity index (χ0v) is 15.3. The van der Waals surface area contributed by atoms with Crippen LogP contribution >= 0.6 is 0 Å². The van der Waals surface area contributed by atoms with E-state index < -0.39 is 5.41 Å². The second kappa shape index (κ2) is 6.80. The maximum Gasteiger partial charge on any atom is 0.287 e. The second-order valence-corrected chi connectivity index (χ2v) is 7.29. The molecule has 1 aliphatic heterocycles. The van der Waals surface area contributed by atoms with Gasteiger partial charge in [0.15, 0.2) is 11.6 Å². The van der Waals surface area contributed by atoms with Crippen LogP contribution in [0.2, 0.25) is 0 Å². The first kappa shape index (κ1) is 17.7. The summed E-state index contributed by atoms with van der Waals surface area (Å²) in [6, 6.07) is 3.26. The SMILES string of the molecule is COCC(=O)N1CC2C[C@@H](NC(=O)c3ccco3)C[C@]2(c2nc(C)no2)C1. The van der Waals surface area contributed by atoms with Crippen LogP contribution in [0.4, 0.5) is 0 Å². The van der Waals surface area contributed by atoms with Crippen LogP contribution in [0.1, 0.15) is 35.1 Å². The molecule has 144 valence electrons. The van der Waals surface area contributed by atoms with E-state index in [2.05, 4.69) is 15.5 Å². The quantitative estimate of drug-likeness (QED) is 0.828.